The number of hydrogen-bond acceptors (Lipinski definition) is 3. The van der Waals surface area contributed by atoms with Crippen LogP contribution in [-0.2, 0) is 0 Å². The molecule has 3 N–H and O–H groups in total. The smallest absolute Gasteiger partial charge is 0.151 e. The second kappa shape index (κ2) is 4.87. The first-order chi connectivity index (χ1) is 8.06. The van der Waals surface area contributed by atoms with Crippen LogP contribution in [0.25, 0.3) is 0 Å². The van der Waals surface area contributed by atoms with E-state index in [4.69, 9.17) is 5.73 Å². The van der Waals surface area contributed by atoms with Crippen molar-refractivity contribution in [1.82, 2.24) is 4.90 Å². The normalized spacial score (nSPS) is 18.3. The van der Waals surface area contributed by atoms with Gasteiger partial charge < -0.3 is 16.0 Å². The number of nitrogen functional groups attached to an aromatic ring is 1. The Labute approximate surface area is 99.6 Å². The van der Waals surface area contributed by atoms with E-state index in [1.807, 2.05) is 0 Å². The molecule has 17 heavy (non-hydrogen) atoms. The summed E-state index contributed by atoms with van der Waals surface area (Å²) in [5.41, 5.74) is 5.93. The van der Waals surface area contributed by atoms with Gasteiger partial charge in [-0.25, -0.2) is 8.78 Å². The maximum atomic E-state index is 13.2. The molecule has 2 rings (SSSR count). The van der Waals surface area contributed by atoms with Crippen LogP contribution in [0.15, 0.2) is 12.1 Å². The Kier molecular flexibility index (Phi) is 3.47. The molecule has 0 amide bonds. The minimum atomic E-state index is -0.708. The molecule has 1 aliphatic heterocycles. The van der Waals surface area contributed by atoms with E-state index in [-0.39, 0.29) is 11.7 Å². The molecule has 1 aliphatic rings. The van der Waals surface area contributed by atoms with Crippen LogP contribution >= 0.6 is 0 Å². The van der Waals surface area contributed by atoms with Gasteiger partial charge in [-0.05, 0) is 39.0 Å². The van der Waals surface area contributed by atoms with Crippen molar-refractivity contribution in [2.75, 3.05) is 31.2 Å². The SMILES string of the molecule is CN1CCC(Nc2cc(F)cc(F)c2N)CC1. The number of hydrogen-bond donors (Lipinski definition) is 2. The molecule has 0 saturated carbocycles. The Bertz CT molecular complexity index is 401. The zero-order valence-electron chi connectivity index (χ0n) is 9.84. The summed E-state index contributed by atoms with van der Waals surface area (Å²) in [6.07, 6.45) is 1.90. The molecule has 0 bridgehead atoms. The summed E-state index contributed by atoms with van der Waals surface area (Å²) in [5.74, 6) is -1.31. The zero-order valence-corrected chi connectivity index (χ0v) is 9.84. The lowest BCUT2D eigenvalue weighted by molar-refractivity contribution is 0.264. The highest BCUT2D eigenvalue weighted by Crippen LogP contribution is 2.25. The van der Waals surface area contributed by atoms with Crippen molar-refractivity contribution in [3.05, 3.63) is 23.8 Å². The molecule has 1 heterocycles. The monoisotopic (exact) mass is 241 g/mol. The van der Waals surface area contributed by atoms with E-state index < -0.39 is 11.6 Å². The summed E-state index contributed by atoms with van der Waals surface area (Å²) in [4.78, 5) is 2.23. The van der Waals surface area contributed by atoms with Crippen molar-refractivity contribution in [1.29, 1.82) is 0 Å². The standard InChI is InChI=1S/C12H17F2N3/c1-17-4-2-9(3-5-17)16-11-7-8(13)6-10(14)12(11)15/h6-7,9,16H,2-5,15H2,1H3. The second-order valence-corrected chi connectivity index (χ2v) is 4.57. The van der Waals surface area contributed by atoms with Gasteiger partial charge in [-0.3, -0.25) is 0 Å². The highest BCUT2D eigenvalue weighted by Gasteiger charge is 2.18. The molecule has 1 fully saturated rings. The van der Waals surface area contributed by atoms with Crippen molar-refractivity contribution < 1.29 is 8.78 Å². The average Bonchev–Trinajstić information content (AvgIpc) is 2.28. The molecule has 0 spiro atoms. The highest BCUT2D eigenvalue weighted by molar-refractivity contribution is 5.67. The van der Waals surface area contributed by atoms with Crippen LogP contribution < -0.4 is 11.1 Å². The van der Waals surface area contributed by atoms with Gasteiger partial charge in [0.2, 0.25) is 0 Å². The third-order valence-electron chi connectivity index (χ3n) is 3.17. The van der Waals surface area contributed by atoms with E-state index in [9.17, 15) is 8.78 Å². The van der Waals surface area contributed by atoms with Gasteiger partial charge >= 0.3 is 0 Å². The predicted octanol–water partition coefficient (Wildman–Crippen LogP) is 2.05. The van der Waals surface area contributed by atoms with Gasteiger partial charge in [0.25, 0.3) is 0 Å². The molecule has 0 atom stereocenters. The maximum Gasteiger partial charge on any atom is 0.151 e. The largest absolute Gasteiger partial charge is 0.395 e. The van der Waals surface area contributed by atoms with Crippen LogP contribution in [0.5, 0.6) is 0 Å². The van der Waals surface area contributed by atoms with Crippen molar-refractivity contribution >= 4 is 11.4 Å². The molecule has 1 saturated heterocycles. The summed E-state index contributed by atoms with van der Waals surface area (Å²) >= 11 is 0. The molecule has 0 unspecified atom stereocenters. The lowest BCUT2D eigenvalue weighted by Gasteiger charge is -2.30. The van der Waals surface area contributed by atoms with E-state index in [2.05, 4.69) is 17.3 Å². The summed E-state index contributed by atoms with van der Waals surface area (Å²) in [6.45, 7) is 1.96. The van der Waals surface area contributed by atoms with Crippen molar-refractivity contribution in [2.24, 2.45) is 0 Å². The fourth-order valence-electron chi connectivity index (χ4n) is 2.08. The third kappa shape index (κ3) is 2.85. The van der Waals surface area contributed by atoms with Crippen molar-refractivity contribution in [2.45, 2.75) is 18.9 Å². The first-order valence-corrected chi connectivity index (χ1v) is 5.76. The zero-order chi connectivity index (χ0) is 12.4. The molecule has 0 radical (unpaired) electrons. The topological polar surface area (TPSA) is 41.3 Å². The van der Waals surface area contributed by atoms with Crippen LogP contribution in [0.1, 0.15) is 12.8 Å². The van der Waals surface area contributed by atoms with Crippen LogP contribution in [-0.4, -0.2) is 31.1 Å². The fraction of sp³-hybridized carbons (Fsp3) is 0.500. The van der Waals surface area contributed by atoms with Crippen LogP contribution in [0.4, 0.5) is 20.2 Å². The molecule has 0 aromatic heterocycles. The number of benzene rings is 1. The number of nitrogens with one attached hydrogen (secondary N) is 1. The Balaban J connectivity index is 2.08. The molecule has 94 valence electrons. The molecule has 3 nitrogen and oxygen atoms in total. The first kappa shape index (κ1) is 12.1. The van der Waals surface area contributed by atoms with Gasteiger partial charge in [-0.15, -0.1) is 0 Å². The number of piperidine rings is 1. The molecular weight excluding hydrogens is 224 g/mol. The summed E-state index contributed by atoms with van der Waals surface area (Å²) in [7, 11) is 2.06. The van der Waals surface area contributed by atoms with Gasteiger partial charge in [0.1, 0.15) is 5.82 Å². The first-order valence-electron chi connectivity index (χ1n) is 5.76. The highest BCUT2D eigenvalue weighted by atomic mass is 19.1. The maximum absolute atomic E-state index is 13.2. The second-order valence-electron chi connectivity index (χ2n) is 4.57. The van der Waals surface area contributed by atoms with Gasteiger partial charge in [0.15, 0.2) is 5.82 Å². The minimum Gasteiger partial charge on any atom is -0.395 e. The quantitative estimate of drug-likeness (QED) is 0.779. The van der Waals surface area contributed by atoms with Gasteiger partial charge in [0, 0.05) is 12.1 Å². The number of anilines is 2. The van der Waals surface area contributed by atoms with E-state index in [0.29, 0.717) is 5.69 Å². The van der Waals surface area contributed by atoms with E-state index in [0.717, 1.165) is 32.0 Å². The third-order valence-corrected chi connectivity index (χ3v) is 3.17. The van der Waals surface area contributed by atoms with Gasteiger partial charge in [-0.2, -0.15) is 0 Å². The average molecular weight is 241 g/mol. The molecule has 5 heteroatoms. The summed E-state index contributed by atoms with van der Waals surface area (Å²) in [6, 6.07) is 2.28. The predicted molar refractivity (Wildman–Crippen MR) is 64.9 cm³/mol. The van der Waals surface area contributed by atoms with E-state index >= 15 is 0 Å². The Morgan fingerprint density at radius 2 is 1.94 bits per heavy atom. The Morgan fingerprint density at radius 1 is 1.29 bits per heavy atom. The lowest BCUT2D eigenvalue weighted by atomic mass is 10.0. The molecule has 1 aromatic rings. The van der Waals surface area contributed by atoms with Crippen LogP contribution in [0.3, 0.4) is 0 Å². The summed E-state index contributed by atoms with van der Waals surface area (Å²) in [5, 5.41) is 3.12. The molecule has 1 aromatic carbocycles. The lowest BCUT2D eigenvalue weighted by Crippen LogP contribution is -2.36. The van der Waals surface area contributed by atoms with Crippen molar-refractivity contribution in [3.63, 3.8) is 0 Å². The van der Waals surface area contributed by atoms with Gasteiger partial charge in [0.05, 0.1) is 11.4 Å². The number of nitrogens with zero attached hydrogens (tertiary/aromatic N) is 1. The number of rotatable bonds is 2. The Morgan fingerprint density at radius 3 is 2.59 bits per heavy atom. The van der Waals surface area contributed by atoms with Gasteiger partial charge in [-0.1, -0.05) is 0 Å². The van der Waals surface area contributed by atoms with E-state index in [1.165, 1.54) is 6.07 Å². The molecular formula is C12H17F2N3. The number of halogens is 2. The fourth-order valence-corrected chi connectivity index (χ4v) is 2.08. The minimum absolute atomic E-state index is 0.00896. The number of likely N-dealkylation sites (tertiary alicyclic amines) is 1. The van der Waals surface area contributed by atoms with E-state index in [1.54, 1.807) is 0 Å². The van der Waals surface area contributed by atoms with Crippen LogP contribution in [0, 0.1) is 11.6 Å². The molecule has 0 aliphatic carbocycles. The Hall–Kier alpha value is -1.36. The number of nitrogens with two attached hydrogens (primary N) is 1. The summed E-state index contributed by atoms with van der Waals surface area (Å²) < 4.78 is 26.3. The van der Waals surface area contributed by atoms with Crippen LogP contribution in [0.2, 0.25) is 0 Å². The van der Waals surface area contributed by atoms with Crippen molar-refractivity contribution in [3.8, 4) is 0 Å².